The molecule has 206 valence electrons. The standard InChI is InChI=1S/C28H43N3O6/c1-17(2)22-15-25(37-27(22)33)23(30-31-29)13-21(16-36-26(32)18(3)4)28(6,7)20-10-9-19(5)24(14-20)35-12-11-34-8/h9-10,14,17-18,21-23,25H,11-13,15-16H2,1-8H3/t21-,22+,23+,25+/m1/s1. The van der Waals surface area contributed by atoms with Gasteiger partial charge in [-0.1, -0.05) is 58.8 Å². The molecule has 1 saturated heterocycles. The van der Waals surface area contributed by atoms with Crippen molar-refractivity contribution in [2.45, 2.75) is 78.9 Å². The summed E-state index contributed by atoms with van der Waals surface area (Å²) in [4.78, 5) is 27.9. The van der Waals surface area contributed by atoms with Crippen molar-refractivity contribution in [1.29, 1.82) is 0 Å². The van der Waals surface area contributed by atoms with Crippen molar-refractivity contribution in [3.63, 3.8) is 0 Å². The molecular weight excluding hydrogens is 474 g/mol. The fraction of sp³-hybridized carbons (Fsp3) is 0.714. The molecule has 1 aromatic rings. The lowest BCUT2D eigenvalue weighted by Gasteiger charge is -2.37. The molecule has 9 heteroatoms. The van der Waals surface area contributed by atoms with Crippen molar-refractivity contribution in [2.24, 2.45) is 28.8 Å². The van der Waals surface area contributed by atoms with E-state index >= 15 is 0 Å². The van der Waals surface area contributed by atoms with E-state index in [1.165, 1.54) is 0 Å². The number of benzene rings is 1. The highest BCUT2D eigenvalue weighted by Gasteiger charge is 2.43. The number of esters is 2. The average Bonchev–Trinajstić information content (AvgIpc) is 3.23. The molecule has 0 unspecified atom stereocenters. The molecule has 0 saturated carbocycles. The normalized spacial score (nSPS) is 19.4. The Balaban J connectivity index is 2.38. The van der Waals surface area contributed by atoms with E-state index in [9.17, 15) is 15.1 Å². The quantitative estimate of drug-likeness (QED) is 0.102. The number of azide groups is 1. The maximum atomic E-state index is 12.5. The number of carbonyl (C=O) groups is 2. The van der Waals surface area contributed by atoms with Gasteiger partial charge in [-0.05, 0) is 53.8 Å². The summed E-state index contributed by atoms with van der Waals surface area (Å²) >= 11 is 0. The second-order valence-electron chi connectivity index (χ2n) is 11.1. The Labute approximate surface area is 220 Å². The monoisotopic (exact) mass is 517 g/mol. The van der Waals surface area contributed by atoms with Gasteiger partial charge in [0, 0.05) is 17.9 Å². The first-order valence-corrected chi connectivity index (χ1v) is 13.1. The third kappa shape index (κ3) is 8.11. The Morgan fingerprint density at radius 1 is 1.24 bits per heavy atom. The summed E-state index contributed by atoms with van der Waals surface area (Å²) in [6, 6.07) is 5.48. The summed E-state index contributed by atoms with van der Waals surface area (Å²) < 4.78 is 22.4. The second kappa shape index (κ2) is 13.7. The number of rotatable bonds is 14. The van der Waals surface area contributed by atoms with E-state index in [0.29, 0.717) is 26.1 Å². The van der Waals surface area contributed by atoms with Crippen LogP contribution in [0.1, 0.15) is 65.5 Å². The number of nitrogens with zero attached hydrogens (tertiary/aromatic N) is 3. The number of aryl methyl sites for hydroxylation is 1. The molecule has 0 radical (unpaired) electrons. The van der Waals surface area contributed by atoms with E-state index in [2.05, 4.69) is 23.9 Å². The minimum Gasteiger partial charge on any atom is -0.491 e. The first-order valence-electron chi connectivity index (χ1n) is 13.1. The summed E-state index contributed by atoms with van der Waals surface area (Å²) in [5.41, 5.74) is 10.8. The molecular formula is C28H43N3O6. The predicted molar refractivity (Wildman–Crippen MR) is 141 cm³/mol. The van der Waals surface area contributed by atoms with Crippen molar-refractivity contribution < 1.29 is 28.5 Å². The zero-order valence-corrected chi connectivity index (χ0v) is 23.5. The fourth-order valence-electron chi connectivity index (χ4n) is 4.59. The SMILES string of the molecule is COCCOc1cc(C(C)(C)[C@@H](COC(=O)C(C)C)C[C@H](N=[N+]=[N-])[C@@H]2C[C@@H](C(C)C)C(=O)O2)ccc1C. The zero-order chi connectivity index (χ0) is 27.8. The summed E-state index contributed by atoms with van der Waals surface area (Å²) in [7, 11) is 1.63. The first-order chi connectivity index (χ1) is 17.4. The van der Waals surface area contributed by atoms with Gasteiger partial charge < -0.3 is 18.9 Å². The van der Waals surface area contributed by atoms with Crippen LogP contribution in [0.3, 0.4) is 0 Å². The molecule has 1 fully saturated rings. The molecule has 0 spiro atoms. The first kappa shape index (κ1) is 30.5. The van der Waals surface area contributed by atoms with Crippen LogP contribution in [-0.2, 0) is 29.2 Å². The molecule has 1 heterocycles. The molecule has 1 aliphatic rings. The Morgan fingerprint density at radius 3 is 2.51 bits per heavy atom. The number of methoxy groups -OCH3 is 1. The Morgan fingerprint density at radius 2 is 1.95 bits per heavy atom. The number of cyclic esters (lactones) is 1. The van der Waals surface area contributed by atoms with Crippen molar-refractivity contribution in [3.05, 3.63) is 39.8 Å². The minimum atomic E-state index is -0.581. The average molecular weight is 518 g/mol. The Hall–Kier alpha value is -2.77. The van der Waals surface area contributed by atoms with E-state index in [0.717, 1.165) is 16.9 Å². The van der Waals surface area contributed by atoms with Crippen LogP contribution in [0, 0.1) is 30.6 Å². The van der Waals surface area contributed by atoms with Crippen molar-refractivity contribution in [1.82, 2.24) is 0 Å². The molecule has 0 N–H and O–H groups in total. The molecule has 4 atom stereocenters. The topological polar surface area (TPSA) is 120 Å². The Bertz CT molecular complexity index is 971. The molecule has 9 nitrogen and oxygen atoms in total. The van der Waals surface area contributed by atoms with Gasteiger partial charge in [-0.15, -0.1) is 0 Å². The van der Waals surface area contributed by atoms with Gasteiger partial charge in [0.15, 0.2) is 0 Å². The summed E-state index contributed by atoms with van der Waals surface area (Å²) in [5, 5.41) is 4.05. The van der Waals surface area contributed by atoms with E-state index in [-0.39, 0.29) is 42.2 Å². The Kier molecular flexibility index (Phi) is 11.3. The zero-order valence-electron chi connectivity index (χ0n) is 23.5. The lowest BCUT2D eigenvalue weighted by molar-refractivity contribution is -0.149. The van der Waals surface area contributed by atoms with E-state index in [1.807, 2.05) is 39.0 Å². The van der Waals surface area contributed by atoms with Gasteiger partial charge >= 0.3 is 11.9 Å². The molecule has 0 bridgehead atoms. The van der Waals surface area contributed by atoms with Gasteiger partial charge in [-0.3, -0.25) is 9.59 Å². The fourth-order valence-corrected chi connectivity index (χ4v) is 4.59. The number of ether oxygens (including phenoxy) is 4. The van der Waals surface area contributed by atoms with Gasteiger partial charge in [0.25, 0.3) is 0 Å². The van der Waals surface area contributed by atoms with Crippen LogP contribution >= 0.6 is 0 Å². The molecule has 2 rings (SSSR count). The highest BCUT2D eigenvalue weighted by atomic mass is 16.6. The molecule has 1 aromatic carbocycles. The van der Waals surface area contributed by atoms with Gasteiger partial charge in [-0.2, -0.15) is 0 Å². The van der Waals surface area contributed by atoms with Crippen LogP contribution in [-0.4, -0.2) is 51.0 Å². The largest absolute Gasteiger partial charge is 0.491 e. The van der Waals surface area contributed by atoms with Crippen LogP contribution in [0.15, 0.2) is 23.3 Å². The number of hydrogen-bond donors (Lipinski definition) is 0. The van der Waals surface area contributed by atoms with Crippen LogP contribution in [0.2, 0.25) is 0 Å². The summed E-state index contributed by atoms with van der Waals surface area (Å²) in [6.07, 6.45) is 0.376. The molecule has 0 aliphatic carbocycles. The lowest BCUT2D eigenvalue weighted by atomic mass is 9.70. The minimum absolute atomic E-state index is 0.132. The van der Waals surface area contributed by atoms with Crippen molar-refractivity contribution in [3.8, 4) is 5.75 Å². The van der Waals surface area contributed by atoms with Crippen molar-refractivity contribution >= 4 is 11.9 Å². The van der Waals surface area contributed by atoms with Gasteiger partial charge in [-0.25, -0.2) is 0 Å². The highest BCUT2D eigenvalue weighted by Crippen LogP contribution is 2.40. The van der Waals surface area contributed by atoms with Gasteiger partial charge in [0.05, 0.1) is 31.1 Å². The molecule has 1 aliphatic heterocycles. The van der Waals surface area contributed by atoms with E-state index in [1.54, 1.807) is 21.0 Å². The second-order valence-corrected chi connectivity index (χ2v) is 11.1. The van der Waals surface area contributed by atoms with Crippen LogP contribution in [0.25, 0.3) is 10.4 Å². The summed E-state index contributed by atoms with van der Waals surface area (Å²) in [5.74, 6) is -0.367. The third-order valence-electron chi connectivity index (χ3n) is 7.41. The van der Waals surface area contributed by atoms with Gasteiger partial charge in [0.1, 0.15) is 18.5 Å². The number of hydrogen-bond acceptors (Lipinski definition) is 7. The van der Waals surface area contributed by atoms with E-state index < -0.39 is 17.6 Å². The van der Waals surface area contributed by atoms with E-state index in [4.69, 9.17) is 18.9 Å². The maximum Gasteiger partial charge on any atom is 0.309 e. The van der Waals surface area contributed by atoms with Crippen LogP contribution in [0.4, 0.5) is 0 Å². The summed E-state index contributed by atoms with van der Waals surface area (Å²) in [6.45, 7) is 14.7. The molecule has 0 amide bonds. The smallest absolute Gasteiger partial charge is 0.309 e. The van der Waals surface area contributed by atoms with Gasteiger partial charge in [0.2, 0.25) is 0 Å². The number of carbonyl (C=O) groups excluding carboxylic acids is 2. The van der Waals surface area contributed by atoms with Crippen LogP contribution in [0.5, 0.6) is 5.75 Å². The maximum absolute atomic E-state index is 12.5. The van der Waals surface area contributed by atoms with Crippen molar-refractivity contribution in [2.75, 3.05) is 26.9 Å². The van der Waals surface area contributed by atoms with Crippen LogP contribution < -0.4 is 4.74 Å². The molecule has 0 aromatic heterocycles. The lowest BCUT2D eigenvalue weighted by Crippen LogP contribution is -2.38. The highest BCUT2D eigenvalue weighted by molar-refractivity contribution is 5.75. The predicted octanol–water partition coefficient (Wildman–Crippen LogP) is 5.77. The third-order valence-corrected chi connectivity index (χ3v) is 7.41. The molecule has 37 heavy (non-hydrogen) atoms.